The van der Waals surface area contributed by atoms with Crippen molar-refractivity contribution in [2.45, 2.75) is 38.1 Å². The van der Waals surface area contributed by atoms with Crippen LogP contribution in [0, 0.1) is 13.8 Å². The van der Waals surface area contributed by atoms with Crippen LogP contribution in [0.4, 0.5) is 0 Å². The zero-order valence-electron chi connectivity index (χ0n) is 16.0. The standard InChI is InChI=1S/C20H25ClN2O3S/c1-5-19(16-7-6-14(2)15(3)12-16)22-20(24)13-23(4)27(25,26)18-10-8-17(21)9-11-18/h6-12,19H,5,13H2,1-4H3,(H,22,24)/t19-/m1/s1. The van der Waals surface area contributed by atoms with Crippen LogP contribution >= 0.6 is 11.6 Å². The van der Waals surface area contributed by atoms with Crippen LogP contribution < -0.4 is 5.32 Å². The van der Waals surface area contributed by atoms with Crippen LogP contribution in [-0.4, -0.2) is 32.2 Å². The molecule has 0 aromatic heterocycles. The topological polar surface area (TPSA) is 66.5 Å². The van der Waals surface area contributed by atoms with E-state index in [0.717, 1.165) is 15.4 Å². The highest BCUT2D eigenvalue weighted by Gasteiger charge is 2.24. The van der Waals surface area contributed by atoms with E-state index >= 15 is 0 Å². The molecule has 0 fully saturated rings. The maximum Gasteiger partial charge on any atom is 0.243 e. The Bertz CT molecular complexity index is 911. The summed E-state index contributed by atoms with van der Waals surface area (Å²) in [5, 5.41) is 3.38. The normalized spacial score (nSPS) is 12.8. The van der Waals surface area contributed by atoms with Crippen molar-refractivity contribution in [3.8, 4) is 0 Å². The molecule has 1 amide bonds. The Balaban J connectivity index is 2.08. The number of aryl methyl sites for hydroxylation is 2. The van der Waals surface area contributed by atoms with Crippen LogP contribution in [0.25, 0.3) is 0 Å². The van der Waals surface area contributed by atoms with Gasteiger partial charge in [0.15, 0.2) is 0 Å². The number of nitrogens with one attached hydrogen (secondary N) is 1. The van der Waals surface area contributed by atoms with Gasteiger partial charge < -0.3 is 5.32 Å². The van der Waals surface area contributed by atoms with Crippen molar-refractivity contribution in [1.29, 1.82) is 0 Å². The third-order valence-electron chi connectivity index (χ3n) is 4.56. The Hall–Kier alpha value is -1.89. The summed E-state index contributed by atoms with van der Waals surface area (Å²) in [6.07, 6.45) is 0.710. The predicted molar refractivity (Wildman–Crippen MR) is 108 cm³/mol. The minimum Gasteiger partial charge on any atom is -0.348 e. The third-order valence-corrected chi connectivity index (χ3v) is 6.63. The summed E-state index contributed by atoms with van der Waals surface area (Å²) >= 11 is 5.81. The number of carbonyl (C=O) groups is 1. The van der Waals surface area contributed by atoms with E-state index in [1.165, 1.54) is 36.9 Å². The van der Waals surface area contributed by atoms with Crippen LogP contribution in [0.2, 0.25) is 5.02 Å². The number of hydrogen-bond acceptors (Lipinski definition) is 3. The molecule has 5 nitrogen and oxygen atoms in total. The van der Waals surface area contributed by atoms with Gasteiger partial charge in [0, 0.05) is 12.1 Å². The summed E-state index contributed by atoms with van der Waals surface area (Å²) in [5.41, 5.74) is 3.36. The number of amides is 1. The number of likely N-dealkylation sites (N-methyl/N-ethyl adjacent to an activating group) is 1. The lowest BCUT2D eigenvalue weighted by Crippen LogP contribution is -2.39. The Kier molecular flexibility index (Phi) is 7.03. The molecule has 0 aliphatic rings. The van der Waals surface area contributed by atoms with Gasteiger partial charge in [-0.1, -0.05) is 36.7 Å². The van der Waals surface area contributed by atoms with Crippen LogP contribution in [-0.2, 0) is 14.8 Å². The van der Waals surface area contributed by atoms with E-state index in [4.69, 9.17) is 11.6 Å². The first-order valence-corrected chi connectivity index (χ1v) is 10.6. The van der Waals surface area contributed by atoms with Crippen LogP contribution in [0.3, 0.4) is 0 Å². The molecule has 146 valence electrons. The van der Waals surface area contributed by atoms with Gasteiger partial charge in [0.2, 0.25) is 15.9 Å². The molecule has 2 aromatic carbocycles. The van der Waals surface area contributed by atoms with E-state index in [9.17, 15) is 13.2 Å². The molecule has 1 N–H and O–H groups in total. The summed E-state index contributed by atoms with van der Waals surface area (Å²) < 4.78 is 26.2. The van der Waals surface area contributed by atoms with Crippen molar-refractivity contribution < 1.29 is 13.2 Å². The van der Waals surface area contributed by atoms with Crippen molar-refractivity contribution in [2.24, 2.45) is 0 Å². The first-order chi connectivity index (χ1) is 12.6. The predicted octanol–water partition coefficient (Wildman–Crippen LogP) is 3.84. The summed E-state index contributed by atoms with van der Waals surface area (Å²) in [7, 11) is -2.37. The highest BCUT2D eigenvalue weighted by molar-refractivity contribution is 7.89. The minimum absolute atomic E-state index is 0.100. The number of rotatable bonds is 7. The Morgan fingerprint density at radius 2 is 1.74 bits per heavy atom. The molecule has 0 spiro atoms. The molecule has 0 radical (unpaired) electrons. The summed E-state index contributed by atoms with van der Waals surface area (Å²) in [4.78, 5) is 12.5. The Morgan fingerprint density at radius 1 is 1.11 bits per heavy atom. The fraction of sp³-hybridized carbons (Fsp3) is 0.350. The lowest BCUT2D eigenvalue weighted by Gasteiger charge is -2.21. The fourth-order valence-electron chi connectivity index (χ4n) is 2.72. The molecular weight excluding hydrogens is 384 g/mol. The summed E-state index contributed by atoms with van der Waals surface area (Å²) in [6, 6.07) is 11.8. The number of carbonyl (C=O) groups excluding carboxylic acids is 1. The van der Waals surface area contributed by atoms with Gasteiger partial charge in [-0.3, -0.25) is 4.79 Å². The molecule has 0 saturated carbocycles. The highest BCUT2D eigenvalue weighted by atomic mass is 35.5. The van der Waals surface area contributed by atoms with E-state index in [-0.39, 0.29) is 23.4 Å². The zero-order chi connectivity index (χ0) is 20.2. The van der Waals surface area contributed by atoms with E-state index < -0.39 is 10.0 Å². The van der Waals surface area contributed by atoms with E-state index in [0.29, 0.717) is 11.4 Å². The SMILES string of the molecule is CC[C@@H](NC(=O)CN(C)S(=O)(=O)c1ccc(Cl)cc1)c1ccc(C)c(C)c1. The minimum atomic E-state index is -3.76. The molecular formula is C20H25ClN2O3S. The molecule has 0 heterocycles. The smallest absolute Gasteiger partial charge is 0.243 e. The lowest BCUT2D eigenvalue weighted by molar-refractivity contribution is -0.121. The van der Waals surface area contributed by atoms with Gasteiger partial charge in [-0.15, -0.1) is 0 Å². The molecule has 1 atom stereocenters. The molecule has 0 saturated heterocycles. The largest absolute Gasteiger partial charge is 0.348 e. The number of hydrogen-bond donors (Lipinski definition) is 1. The average Bonchev–Trinajstić information content (AvgIpc) is 2.62. The first kappa shape index (κ1) is 21.4. The monoisotopic (exact) mass is 408 g/mol. The van der Waals surface area contributed by atoms with Gasteiger partial charge in [0.1, 0.15) is 0 Å². The van der Waals surface area contributed by atoms with Crippen LogP contribution in [0.5, 0.6) is 0 Å². The molecule has 0 bridgehead atoms. The van der Waals surface area contributed by atoms with Crippen LogP contribution in [0.15, 0.2) is 47.4 Å². The molecule has 2 rings (SSSR count). The lowest BCUT2D eigenvalue weighted by atomic mass is 9.99. The molecule has 2 aromatic rings. The van der Waals surface area contributed by atoms with Gasteiger partial charge in [-0.05, 0) is 61.2 Å². The Morgan fingerprint density at radius 3 is 2.30 bits per heavy atom. The number of benzene rings is 2. The average molecular weight is 409 g/mol. The van der Waals surface area contributed by atoms with Crippen molar-refractivity contribution >= 4 is 27.5 Å². The van der Waals surface area contributed by atoms with Crippen molar-refractivity contribution in [3.63, 3.8) is 0 Å². The van der Waals surface area contributed by atoms with Gasteiger partial charge in [-0.25, -0.2) is 8.42 Å². The van der Waals surface area contributed by atoms with Crippen molar-refractivity contribution in [1.82, 2.24) is 9.62 Å². The number of sulfonamides is 1. The fourth-order valence-corrected chi connectivity index (χ4v) is 3.97. The molecule has 27 heavy (non-hydrogen) atoms. The highest BCUT2D eigenvalue weighted by Crippen LogP contribution is 2.21. The zero-order valence-corrected chi connectivity index (χ0v) is 17.6. The summed E-state index contributed by atoms with van der Waals surface area (Å²) in [6.45, 7) is 5.79. The Labute approximate surface area is 166 Å². The van der Waals surface area contributed by atoms with Gasteiger partial charge in [0.25, 0.3) is 0 Å². The third kappa shape index (κ3) is 5.31. The molecule has 0 unspecified atom stereocenters. The maximum atomic E-state index is 12.6. The van der Waals surface area contributed by atoms with Gasteiger partial charge in [-0.2, -0.15) is 4.31 Å². The molecule has 7 heteroatoms. The number of halogens is 1. The second-order valence-electron chi connectivity index (χ2n) is 6.59. The maximum absolute atomic E-state index is 12.6. The van der Waals surface area contributed by atoms with Crippen molar-refractivity contribution in [2.75, 3.05) is 13.6 Å². The second kappa shape index (κ2) is 8.87. The van der Waals surface area contributed by atoms with E-state index in [2.05, 4.69) is 11.4 Å². The van der Waals surface area contributed by atoms with Gasteiger partial charge in [0.05, 0.1) is 17.5 Å². The van der Waals surface area contributed by atoms with Crippen molar-refractivity contribution in [3.05, 3.63) is 64.2 Å². The molecule has 0 aliphatic carbocycles. The second-order valence-corrected chi connectivity index (χ2v) is 9.07. The molecule has 0 aliphatic heterocycles. The number of nitrogens with zero attached hydrogens (tertiary/aromatic N) is 1. The van der Waals surface area contributed by atoms with Gasteiger partial charge >= 0.3 is 0 Å². The van der Waals surface area contributed by atoms with E-state index in [1.54, 1.807) is 0 Å². The van der Waals surface area contributed by atoms with E-state index in [1.807, 2.05) is 32.9 Å². The van der Waals surface area contributed by atoms with Crippen LogP contribution in [0.1, 0.15) is 36.1 Å². The first-order valence-electron chi connectivity index (χ1n) is 8.73. The quantitative estimate of drug-likeness (QED) is 0.756. The summed E-state index contributed by atoms with van der Waals surface area (Å²) in [5.74, 6) is -0.347.